The number of ether oxygens (including phenoxy) is 8. The highest BCUT2D eigenvalue weighted by molar-refractivity contribution is 6.17. The summed E-state index contributed by atoms with van der Waals surface area (Å²) in [6.45, 7) is 10.0. The van der Waals surface area contributed by atoms with Gasteiger partial charge in [0, 0.05) is 18.9 Å². The molecule has 0 aliphatic rings. The van der Waals surface area contributed by atoms with Crippen molar-refractivity contribution in [2.45, 2.75) is 77.6 Å². The molecule has 234 valence electrons. The fourth-order valence-corrected chi connectivity index (χ4v) is 3.60. The highest BCUT2D eigenvalue weighted by Crippen LogP contribution is 2.07. The Morgan fingerprint density at radius 1 is 0.436 bits per heavy atom. The van der Waals surface area contributed by atoms with Crippen LogP contribution in [0, 0.1) is 0 Å². The minimum atomic E-state index is -0.137. The van der Waals surface area contributed by atoms with Gasteiger partial charge in [-0.2, -0.15) is 0 Å². The molecule has 39 heavy (non-hydrogen) atoms. The van der Waals surface area contributed by atoms with E-state index in [2.05, 4.69) is 6.92 Å². The molecule has 0 saturated heterocycles. The zero-order valence-corrected chi connectivity index (χ0v) is 25.4. The van der Waals surface area contributed by atoms with Crippen LogP contribution in [0.2, 0.25) is 0 Å². The van der Waals surface area contributed by atoms with Crippen LogP contribution < -0.4 is 0 Å². The molecule has 0 aromatic carbocycles. The number of hydrogen-bond acceptors (Lipinski definition) is 9. The average Bonchev–Trinajstić information content (AvgIpc) is 2.94. The number of carbonyl (C=O) groups excluding carboxylic acids is 1. The van der Waals surface area contributed by atoms with Crippen LogP contribution in [0.1, 0.15) is 77.6 Å². The Kier molecular flexibility index (Phi) is 35.0. The lowest BCUT2D eigenvalue weighted by atomic mass is 10.1. The maximum absolute atomic E-state index is 11.6. The first-order valence-electron chi connectivity index (χ1n) is 15.1. The van der Waals surface area contributed by atoms with E-state index in [1.54, 1.807) is 0 Å². The lowest BCUT2D eigenvalue weighted by Crippen LogP contribution is -2.15. The van der Waals surface area contributed by atoms with E-state index in [0.717, 1.165) is 38.2 Å². The van der Waals surface area contributed by atoms with E-state index >= 15 is 0 Å². The van der Waals surface area contributed by atoms with Crippen molar-refractivity contribution in [3.05, 3.63) is 0 Å². The second kappa shape index (κ2) is 35.5. The molecule has 9 nitrogen and oxygen atoms in total. The van der Waals surface area contributed by atoms with Crippen molar-refractivity contribution in [3.8, 4) is 0 Å². The molecule has 0 atom stereocenters. The van der Waals surface area contributed by atoms with Gasteiger partial charge < -0.3 is 37.9 Å². The molecule has 0 spiro atoms. The van der Waals surface area contributed by atoms with Gasteiger partial charge in [0.25, 0.3) is 0 Å². The largest absolute Gasteiger partial charge is 0.463 e. The number of esters is 1. The number of hydrogen-bond donors (Lipinski definition) is 0. The van der Waals surface area contributed by atoms with Crippen molar-refractivity contribution in [2.75, 3.05) is 105 Å². The van der Waals surface area contributed by atoms with Gasteiger partial charge in [-0.1, -0.05) is 51.9 Å². The summed E-state index contributed by atoms with van der Waals surface area (Å²) >= 11 is 5.64. The van der Waals surface area contributed by atoms with Gasteiger partial charge in [-0.15, -0.1) is 11.6 Å². The number of carbonyl (C=O) groups is 1. The summed E-state index contributed by atoms with van der Waals surface area (Å²) in [7, 11) is 0. The minimum Gasteiger partial charge on any atom is -0.463 e. The molecule has 0 aromatic rings. The monoisotopic (exact) mass is 584 g/mol. The molecule has 10 heteroatoms. The van der Waals surface area contributed by atoms with E-state index in [-0.39, 0.29) is 5.97 Å². The predicted molar refractivity (Wildman–Crippen MR) is 154 cm³/mol. The lowest BCUT2D eigenvalue weighted by molar-refractivity contribution is -0.145. The summed E-state index contributed by atoms with van der Waals surface area (Å²) in [5.74, 6) is 0.607. The second-order valence-corrected chi connectivity index (χ2v) is 9.51. The molecule has 0 radical (unpaired) electrons. The van der Waals surface area contributed by atoms with Crippen LogP contribution >= 0.6 is 11.6 Å². The molecule has 0 fully saturated rings. The SMILES string of the molecule is CCCCCCCCC(=O)OCCOCCOCCOCCOCCOCCOCCOCCCCCCCl. The van der Waals surface area contributed by atoms with Crippen LogP contribution in [0.4, 0.5) is 0 Å². The first-order chi connectivity index (χ1) is 19.3. The highest BCUT2D eigenvalue weighted by Gasteiger charge is 2.02. The molecule has 0 amide bonds. The lowest BCUT2D eigenvalue weighted by Gasteiger charge is -2.09. The molecule has 0 N–H and O–H groups in total. The molecular weight excluding hydrogens is 528 g/mol. The highest BCUT2D eigenvalue weighted by atomic mass is 35.5. The molecule has 0 aliphatic heterocycles. The van der Waals surface area contributed by atoms with E-state index in [1.165, 1.54) is 38.5 Å². The van der Waals surface area contributed by atoms with Crippen LogP contribution in [0.5, 0.6) is 0 Å². The minimum absolute atomic E-state index is 0.137. The fraction of sp³-hybridized carbons (Fsp3) is 0.966. The molecule has 0 heterocycles. The van der Waals surface area contributed by atoms with Gasteiger partial charge in [0.1, 0.15) is 6.61 Å². The third-order valence-electron chi connectivity index (χ3n) is 5.63. The normalized spacial score (nSPS) is 11.3. The summed E-state index contributed by atoms with van der Waals surface area (Å²) in [6, 6.07) is 0. The molecular formula is C29H57ClO9. The Labute approximate surface area is 242 Å². The first kappa shape index (κ1) is 38.5. The van der Waals surface area contributed by atoms with Crippen molar-refractivity contribution in [2.24, 2.45) is 0 Å². The van der Waals surface area contributed by atoms with Crippen LogP contribution in [0.25, 0.3) is 0 Å². The van der Waals surface area contributed by atoms with Gasteiger partial charge in [0.05, 0.1) is 85.9 Å². The van der Waals surface area contributed by atoms with E-state index < -0.39 is 0 Å². The second-order valence-electron chi connectivity index (χ2n) is 9.13. The standard InChI is InChI=1S/C29H57ClO9/c1-2-3-4-5-6-9-12-29(31)39-28-27-38-26-25-37-24-23-36-22-21-35-20-19-34-18-17-33-16-15-32-14-11-8-7-10-13-30/h2-28H2,1H3. The Bertz CT molecular complexity index is 472. The van der Waals surface area contributed by atoms with Crippen molar-refractivity contribution in [1.29, 1.82) is 0 Å². The third-order valence-corrected chi connectivity index (χ3v) is 5.90. The number of rotatable bonds is 34. The van der Waals surface area contributed by atoms with Gasteiger partial charge in [0.2, 0.25) is 0 Å². The van der Waals surface area contributed by atoms with Crippen molar-refractivity contribution >= 4 is 17.6 Å². The van der Waals surface area contributed by atoms with E-state index in [0.29, 0.717) is 98.9 Å². The Morgan fingerprint density at radius 2 is 0.795 bits per heavy atom. The fourth-order valence-electron chi connectivity index (χ4n) is 3.41. The molecule has 0 bridgehead atoms. The average molecular weight is 585 g/mol. The summed E-state index contributed by atoms with van der Waals surface area (Å²) in [6.07, 6.45) is 12.0. The van der Waals surface area contributed by atoms with Gasteiger partial charge in [0.15, 0.2) is 0 Å². The van der Waals surface area contributed by atoms with Crippen molar-refractivity contribution in [1.82, 2.24) is 0 Å². The van der Waals surface area contributed by atoms with E-state index in [1.807, 2.05) is 0 Å². The summed E-state index contributed by atoms with van der Waals surface area (Å²) in [4.78, 5) is 11.6. The Balaban J connectivity index is 3.09. The van der Waals surface area contributed by atoms with Crippen molar-refractivity contribution < 1.29 is 42.7 Å². The summed E-state index contributed by atoms with van der Waals surface area (Å²) in [5.41, 5.74) is 0. The van der Waals surface area contributed by atoms with Gasteiger partial charge >= 0.3 is 5.97 Å². The zero-order valence-electron chi connectivity index (χ0n) is 24.6. The topological polar surface area (TPSA) is 90.9 Å². The maximum Gasteiger partial charge on any atom is 0.305 e. The molecule has 0 aromatic heterocycles. The maximum atomic E-state index is 11.6. The zero-order chi connectivity index (χ0) is 28.3. The van der Waals surface area contributed by atoms with Gasteiger partial charge in [-0.25, -0.2) is 0 Å². The number of alkyl halides is 1. The molecule has 0 unspecified atom stereocenters. The van der Waals surface area contributed by atoms with E-state index in [9.17, 15) is 4.79 Å². The molecule has 0 rings (SSSR count). The predicted octanol–water partition coefficient (Wildman–Crippen LogP) is 5.20. The number of unbranched alkanes of at least 4 members (excludes halogenated alkanes) is 8. The summed E-state index contributed by atoms with van der Waals surface area (Å²) in [5, 5.41) is 0. The van der Waals surface area contributed by atoms with Gasteiger partial charge in [-0.05, 0) is 19.3 Å². The van der Waals surface area contributed by atoms with E-state index in [4.69, 9.17) is 49.5 Å². The smallest absolute Gasteiger partial charge is 0.305 e. The third kappa shape index (κ3) is 35.5. The van der Waals surface area contributed by atoms with Crippen molar-refractivity contribution in [3.63, 3.8) is 0 Å². The first-order valence-corrected chi connectivity index (χ1v) is 15.6. The summed E-state index contributed by atoms with van der Waals surface area (Å²) < 4.78 is 43.4. The van der Waals surface area contributed by atoms with Crippen LogP contribution in [0.3, 0.4) is 0 Å². The molecule has 0 saturated carbocycles. The quantitative estimate of drug-likeness (QED) is 0.0575. The Hall–Kier alpha value is -0.520. The molecule has 0 aliphatic carbocycles. The Morgan fingerprint density at radius 3 is 1.26 bits per heavy atom. The van der Waals surface area contributed by atoms with Gasteiger partial charge in [-0.3, -0.25) is 4.79 Å². The van der Waals surface area contributed by atoms with Crippen LogP contribution in [-0.4, -0.2) is 111 Å². The van der Waals surface area contributed by atoms with Crippen LogP contribution in [0.15, 0.2) is 0 Å². The number of halogens is 1. The van der Waals surface area contributed by atoms with Crippen LogP contribution in [-0.2, 0) is 42.7 Å².